The highest BCUT2D eigenvalue weighted by atomic mass is 16.5. The molecule has 0 aliphatic rings. The second-order valence-electron chi connectivity index (χ2n) is 5.65. The quantitative estimate of drug-likeness (QED) is 0.657. The molecule has 0 saturated heterocycles. The zero-order valence-electron chi connectivity index (χ0n) is 13.7. The molecule has 0 fully saturated rings. The third kappa shape index (κ3) is 4.00. The van der Waals surface area contributed by atoms with Crippen LogP contribution < -0.4 is 5.32 Å². The summed E-state index contributed by atoms with van der Waals surface area (Å²) in [7, 11) is 1.61. The average molecular weight is 323 g/mol. The number of benzene rings is 2. The first-order valence-electron chi connectivity index (χ1n) is 8.06. The van der Waals surface area contributed by atoms with Crippen LogP contribution in [-0.2, 0) is 17.6 Å². The number of H-pyrrole nitrogens is 1. The Balaban J connectivity index is 1.56. The van der Waals surface area contributed by atoms with Crippen molar-refractivity contribution in [1.29, 1.82) is 0 Å². The number of hydrogen-bond donors (Lipinski definition) is 2. The van der Waals surface area contributed by atoms with Crippen LogP contribution in [0.25, 0.3) is 11.0 Å². The Labute approximate surface area is 141 Å². The normalized spacial score (nSPS) is 10.9. The second-order valence-corrected chi connectivity index (χ2v) is 5.65. The third-order valence-corrected chi connectivity index (χ3v) is 3.90. The lowest BCUT2D eigenvalue weighted by Gasteiger charge is -2.05. The maximum Gasteiger partial charge on any atom is 0.251 e. The van der Waals surface area contributed by atoms with Crippen molar-refractivity contribution in [1.82, 2.24) is 15.3 Å². The summed E-state index contributed by atoms with van der Waals surface area (Å²) in [6.45, 7) is 1.03. The van der Waals surface area contributed by atoms with Gasteiger partial charge in [-0.05, 0) is 36.2 Å². The van der Waals surface area contributed by atoms with E-state index in [4.69, 9.17) is 4.74 Å². The number of fused-ring (bicyclic) bond motifs is 1. The van der Waals surface area contributed by atoms with Crippen LogP contribution in [0.15, 0.2) is 48.5 Å². The molecule has 0 aliphatic carbocycles. The van der Waals surface area contributed by atoms with E-state index in [1.807, 2.05) is 48.5 Å². The van der Waals surface area contributed by atoms with Gasteiger partial charge in [-0.25, -0.2) is 4.98 Å². The molecule has 1 heterocycles. The highest BCUT2D eigenvalue weighted by molar-refractivity contribution is 5.94. The predicted molar refractivity (Wildman–Crippen MR) is 94.2 cm³/mol. The van der Waals surface area contributed by atoms with E-state index in [-0.39, 0.29) is 5.91 Å². The van der Waals surface area contributed by atoms with Crippen LogP contribution in [0.3, 0.4) is 0 Å². The smallest absolute Gasteiger partial charge is 0.251 e. The number of methoxy groups -OCH3 is 1. The molecule has 1 aromatic heterocycles. The Kier molecular flexibility index (Phi) is 5.23. The number of hydrogen-bond acceptors (Lipinski definition) is 3. The number of nitrogens with zero attached hydrogens (tertiary/aromatic N) is 1. The fourth-order valence-electron chi connectivity index (χ4n) is 2.58. The summed E-state index contributed by atoms with van der Waals surface area (Å²) >= 11 is 0. The molecule has 3 aromatic rings. The molecule has 0 unspecified atom stereocenters. The molecule has 0 spiro atoms. The maximum atomic E-state index is 11.9. The van der Waals surface area contributed by atoms with Crippen LogP contribution in [0.2, 0.25) is 0 Å². The first kappa shape index (κ1) is 16.2. The summed E-state index contributed by atoms with van der Waals surface area (Å²) in [5.41, 5.74) is 3.91. The predicted octanol–water partition coefficient (Wildman–Crippen LogP) is 2.72. The number of nitrogens with one attached hydrogen (secondary N) is 2. The van der Waals surface area contributed by atoms with E-state index in [1.165, 1.54) is 5.56 Å². The van der Waals surface area contributed by atoms with Gasteiger partial charge in [-0.2, -0.15) is 0 Å². The summed E-state index contributed by atoms with van der Waals surface area (Å²) in [5, 5.41) is 2.81. The van der Waals surface area contributed by atoms with Gasteiger partial charge in [-0.1, -0.05) is 24.3 Å². The summed E-state index contributed by atoms with van der Waals surface area (Å²) in [6.07, 6.45) is 1.72. The van der Waals surface area contributed by atoms with Crippen molar-refractivity contribution in [2.45, 2.75) is 12.8 Å². The van der Waals surface area contributed by atoms with Gasteiger partial charge in [0.05, 0.1) is 17.6 Å². The number of ether oxygens (including phenoxy) is 1. The molecule has 24 heavy (non-hydrogen) atoms. The Morgan fingerprint density at radius 1 is 1.12 bits per heavy atom. The minimum Gasteiger partial charge on any atom is -0.383 e. The fourth-order valence-corrected chi connectivity index (χ4v) is 2.58. The lowest BCUT2D eigenvalue weighted by atomic mass is 10.1. The van der Waals surface area contributed by atoms with Crippen molar-refractivity contribution in [2.75, 3.05) is 20.3 Å². The molecule has 0 atom stereocenters. The van der Waals surface area contributed by atoms with Gasteiger partial charge >= 0.3 is 0 Å². The van der Waals surface area contributed by atoms with Gasteiger partial charge in [0, 0.05) is 25.6 Å². The van der Waals surface area contributed by atoms with Gasteiger partial charge in [0.1, 0.15) is 5.82 Å². The van der Waals surface area contributed by atoms with E-state index in [0.717, 1.165) is 29.7 Å². The molecule has 0 aliphatic heterocycles. The summed E-state index contributed by atoms with van der Waals surface area (Å²) in [5.74, 6) is 0.911. The minimum absolute atomic E-state index is 0.0733. The Bertz CT molecular complexity index is 776. The molecule has 124 valence electrons. The number of aryl methyl sites for hydroxylation is 2. The molecule has 5 heteroatoms. The van der Waals surface area contributed by atoms with Gasteiger partial charge in [-0.3, -0.25) is 4.79 Å². The SMILES string of the molecule is COCCNC(=O)c1ccc(CCc2nc3ccccc3[nH]2)cc1. The second kappa shape index (κ2) is 7.75. The number of carbonyl (C=O) groups is 1. The molecular weight excluding hydrogens is 302 g/mol. The molecule has 1 amide bonds. The largest absolute Gasteiger partial charge is 0.383 e. The van der Waals surface area contributed by atoms with E-state index < -0.39 is 0 Å². The van der Waals surface area contributed by atoms with Crippen LogP contribution in [0.1, 0.15) is 21.7 Å². The zero-order valence-corrected chi connectivity index (χ0v) is 13.7. The van der Waals surface area contributed by atoms with Crippen molar-refractivity contribution in [2.24, 2.45) is 0 Å². The van der Waals surface area contributed by atoms with Crippen LogP contribution in [0.5, 0.6) is 0 Å². The summed E-state index contributed by atoms with van der Waals surface area (Å²) < 4.78 is 4.92. The molecule has 5 nitrogen and oxygen atoms in total. The molecular formula is C19H21N3O2. The van der Waals surface area contributed by atoms with Gasteiger partial charge in [-0.15, -0.1) is 0 Å². The molecule has 0 radical (unpaired) electrons. The standard InChI is InChI=1S/C19H21N3O2/c1-24-13-12-20-19(23)15-9-6-14(7-10-15)8-11-18-21-16-4-2-3-5-17(16)22-18/h2-7,9-10H,8,11-13H2,1H3,(H,20,23)(H,21,22). The van der Waals surface area contributed by atoms with E-state index in [0.29, 0.717) is 18.7 Å². The number of para-hydroxylation sites is 2. The lowest BCUT2D eigenvalue weighted by molar-refractivity contribution is 0.0937. The first-order valence-corrected chi connectivity index (χ1v) is 8.06. The van der Waals surface area contributed by atoms with E-state index in [2.05, 4.69) is 15.3 Å². The highest BCUT2D eigenvalue weighted by Crippen LogP contribution is 2.13. The Hall–Kier alpha value is -2.66. The van der Waals surface area contributed by atoms with E-state index in [9.17, 15) is 4.79 Å². The van der Waals surface area contributed by atoms with Gasteiger partial charge < -0.3 is 15.0 Å². The van der Waals surface area contributed by atoms with Crippen LogP contribution >= 0.6 is 0 Å². The minimum atomic E-state index is -0.0733. The lowest BCUT2D eigenvalue weighted by Crippen LogP contribution is -2.26. The molecule has 0 bridgehead atoms. The number of imidazole rings is 1. The summed E-state index contributed by atoms with van der Waals surface area (Å²) in [6, 6.07) is 15.7. The van der Waals surface area contributed by atoms with Crippen molar-refractivity contribution >= 4 is 16.9 Å². The van der Waals surface area contributed by atoms with Crippen molar-refractivity contribution in [3.8, 4) is 0 Å². The zero-order chi connectivity index (χ0) is 16.8. The Morgan fingerprint density at radius 3 is 2.67 bits per heavy atom. The van der Waals surface area contributed by atoms with E-state index in [1.54, 1.807) is 7.11 Å². The fraction of sp³-hybridized carbons (Fsp3) is 0.263. The van der Waals surface area contributed by atoms with Crippen molar-refractivity contribution < 1.29 is 9.53 Å². The van der Waals surface area contributed by atoms with Crippen molar-refractivity contribution in [3.05, 3.63) is 65.5 Å². The number of aromatic amines is 1. The van der Waals surface area contributed by atoms with Gasteiger partial charge in [0.15, 0.2) is 0 Å². The van der Waals surface area contributed by atoms with Crippen LogP contribution in [0.4, 0.5) is 0 Å². The number of carbonyl (C=O) groups excluding carboxylic acids is 1. The highest BCUT2D eigenvalue weighted by Gasteiger charge is 2.06. The number of amides is 1. The monoisotopic (exact) mass is 323 g/mol. The third-order valence-electron chi connectivity index (χ3n) is 3.90. The maximum absolute atomic E-state index is 11.9. The molecule has 3 rings (SSSR count). The number of aromatic nitrogens is 2. The van der Waals surface area contributed by atoms with Crippen molar-refractivity contribution in [3.63, 3.8) is 0 Å². The Morgan fingerprint density at radius 2 is 1.92 bits per heavy atom. The molecule has 2 N–H and O–H groups in total. The number of rotatable bonds is 7. The van der Waals surface area contributed by atoms with Crippen LogP contribution in [0, 0.1) is 0 Å². The van der Waals surface area contributed by atoms with Crippen LogP contribution in [-0.4, -0.2) is 36.1 Å². The topological polar surface area (TPSA) is 67.0 Å². The van der Waals surface area contributed by atoms with E-state index >= 15 is 0 Å². The average Bonchev–Trinajstić information content (AvgIpc) is 3.03. The summed E-state index contributed by atoms with van der Waals surface area (Å²) in [4.78, 5) is 19.8. The van der Waals surface area contributed by atoms with Gasteiger partial charge in [0.2, 0.25) is 0 Å². The molecule has 0 saturated carbocycles. The molecule has 2 aromatic carbocycles. The van der Waals surface area contributed by atoms with Gasteiger partial charge in [0.25, 0.3) is 5.91 Å². The first-order chi connectivity index (χ1) is 11.8.